The molecule has 1 aliphatic rings. The Morgan fingerprint density at radius 3 is 1.92 bits per heavy atom. The number of hydrogen-bond donors (Lipinski definition) is 0. The molecule has 9 heteroatoms. The largest absolute Gasteiger partial charge is 0.454 e. The van der Waals surface area contributed by atoms with Gasteiger partial charge in [0, 0.05) is 10.0 Å². The fourth-order valence-electron chi connectivity index (χ4n) is 3.95. The van der Waals surface area contributed by atoms with Gasteiger partial charge in [-0.3, -0.25) is 14.4 Å². The molecule has 4 aromatic rings. The van der Waals surface area contributed by atoms with Crippen molar-refractivity contribution >= 4 is 51.2 Å². The van der Waals surface area contributed by atoms with Crippen LogP contribution >= 0.6 is 15.9 Å². The van der Waals surface area contributed by atoms with Crippen LogP contribution in [0.2, 0.25) is 0 Å². The molecule has 5 rings (SSSR count). The van der Waals surface area contributed by atoms with Gasteiger partial charge in [0.05, 0.1) is 27.9 Å². The van der Waals surface area contributed by atoms with Gasteiger partial charge in [0.25, 0.3) is 11.8 Å². The van der Waals surface area contributed by atoms with Crippen LogP contribution in [0.3, 0.4) is 0 Å². The Kier molecular flexibility index (Phi) is 7.16. The molecule has 0 saturated carbocycles. The Hall–Kier alpha value is -4.89. The van der Waals surface area contributed by atoms with Gasteiger partial charge in [-0.2, -0.15) is 0 Å². The molecule has 0 aromatic heterocycles. The maximum atomic E-state index is 12.7. The van der Waals surface area contributed by atoms with Gasteiger partial charge in [0.1, 0.15) is 5.75 Å². The number of nitrogens with zero attached hydrogens (tertiary/aromatic N) is 1. The molecule has 0 N–H and O–H groups in total. The van der Waals surface area contributed by atoms with Gasteiger partial charge >= 0.3 is 11.9 Å². The minimum atomic E-state index is -0.790. The second-order valence-electron chi connectivity index (χ2n) is 8.46. The van der Waals surface area contributed by atoms with Crippen molar-refractivity contribution in [2.24, 2.45) is 0 Å². The highest BCUT2D eigenvalue weighted by atomic mass is 79.9. The van der Waals surface area contributed by atoms with Crippen molar-refractivity contribution in [1.82, 2.24) is 0 Å². The number of rotatable bonds is 7. The van der Waals surface area contributed by atoms with Crippen molar-refractivity contribution in [2.45, 2.75) is 0 Å². The Balaban J connectivity index is 1.20. The summed E-state index contributed by atoms with van der Waals surface area (Å²) in [6.07, 6.45) is 0. The van der Waals surface area contributed by atoms with Gasteiger partial charge in [-0.25, -0.2) is 14.5 Å². The molecule has 0 atom stereocenters. The molecule has 0 spiro atoms. The first kappa shape index (κ1) is 25.7. The molecule has 39 heavy (non-hydrogen) atoms. The summed E-state index contributed by atoms with van der Waals surface area (Å²) < 4.78 is 11.3. The van der Waals surface area contributed by atoms with Crippen LogP contribution in [0, 0.1) is 0 Å². The van der Waals surface area contributed by atoms with E-state index < -0.39 is 36.1 Å². The average molecular weight is 584 g/mol. The fourth-order valence-corrected chi connectivity index (χ4v) is 4.22. The number of esters is 2. The summed E-state index contributed by atoms with van der Waals surface area (Å²) in [5, 5.41) is 0. The molecular formula is C30H18BrNO7. The molecule has 2 amide bonds. The molecule has 192 valence electrons. The molecular weight excluding hydrogens is 566 g/mol. The number of carbonyl (C=O) groups is 5. The summed E-state index contributed by atoms with van der Waals surface area (Å²) in [4.78, 5) is 63.9. The molecule has 0 aliphatic carbocycles. The van der Waals surface area contributed by atoms with E-state index in [2.05, 4.69) is 15.9 Å². The smallest absolute Gasteiger partial charge is 0.343 e. The lowest BCUT2D eigenvalue weighted by Gasteiger charge is -2.14. The maximum Gasteiger partial charge on any atom is 0.343 e. The SMILES string of the molecule is O=C(COC(=O)c1cccc(N2C(=O)c3ccccc3C2=O)c1)c1ccc(OC(=O)c2ccc(Br)cc2)cc1. The van der Waals surface area contributed by atoms with Crippen molar-refractivity contribution < 1.29 is 33.4 Å². The van der Waals surface area contributed by atoms with E-state index in [1.54, 1.807) is 48.5 Å². The summed E-state index contributed by atoms with van der Waals surface area (Å²) in [6.45, 7) is -0.534. The summed E-state index contributed by atoms with van der Waals surface area (Å²) in [7, 11) is 0. The third-order valence-corrected chi connectivity index (χ3v) is 6.46. The van der Waals surface area contributed by atoms with Crippen LogP contribution in [0.1, 0.15) is 51.8 Å². The first-order valence-electron chi connectivity index (χ1n) is 11.7. The van der Waals surface area contributed by atoms with Crippen LogP contribution in [0.5, 0.6) is 5.75 Å². The Labute approximate surface area is 230 Å². The van der Waals surface area contributed by atoms with Gasteiger partial charge in [0.2, 0.25) is 0 Å². The van der Waals surface area contributed by atoms with Gasteiger partial charge in [-0.15, -0.1) is 0 Å². The third kappa shape index (κ3) is 5.39. The van der Waals surface area contributed by atoms with Crippen LogP contribution in [0.15, 0.2) is 102 Å². The molecule has 0 fully saturated rings. The quantitative estimate of drug-likeness (QED) is 0.122. The molecule has 0 radical (unpaired) electrons. The first-order valence-corrected chi connectivity index (χ1v) is 12.5. The minimum absolute atomic E-state index is 0.0760. The number of halogens is 1. The number of carbonyl (C=O) groups excluding carboxylic acids is 5. The number of imide groups is 1. The van der Waals surface area contributed by atoms with E-state index in [1.807, 2.05) is 0 Å². The molecule has 8 nitrogen and oxygen atoms in total. The Bertz CT molecular complexity index is 1590. The maximum absolute atomic E-state index is 12.7. The predicted octanol–water partition coefficient (Wildman–Crippen LogP) is 5.51. The lowest BCUT2D eigenvalue weighted by atomic mass is 10.1. The minimum Gasteiger partial charge on any atom is -0.454 e. The lowest BCUT2D eigenvalue weighted by Crippen LogP contribution is -2.29. The van der Waals surface area contributed by atoms with Crippen molar-refractivity contribution in [3.8, 4) is 5.75 Å². The summed E-state index contributed by atoms with van der Waals surface area (Å²) in [6, 6.07) is 24.9. The number of anilines is 1. The van der Waals surface area contributed by atoms with Gasteiger partial charge < -0.3 is 9.47 Å². The van der Waals surface area contributed by atoms with Crippen LogP contribution in [-0.2, 0) is 4.74 Å². The number of ketones is 1. The predicted molar refractivity (Wildman–Crippen MR) is 144 cm³/mol. The number of Topliss-reactive ketones (excluding diaryl/α,β-unsaturated/α-hetero) is 1. The second kappa shape index (κ2) is 10.8. The zero-order valence-corrected chi connectivity index (χ0v) is 21.7. The van der Waals surface area contributed by atoms with E-state index in [0.29, 0.717) is 5.56 Å². The van der Waals surface area contributed by atoms with E-state index in [9.17, 15) is 24.0 Å². The van der Waals surface area contributed by atoms with E-state index in [4.69, 9.17) is 9.47 Å². The molecule has 0 unspecified atom stereocenters. The Morgan fingerprint density at radius 1 is 0.667 bits per heavy atom. The zero-order chi connectivity index (χ0) is 27.5. The molecule has 1 aliphatic heterocycles. The van der Waals surface area contributed by atoms with Gasteiger partial charge in [-0.05, 0) is 78.9 Å². The third-order valence-electron chi connectivity index (χ3n) is 5.94. The summed E-state index contributed by atoms with van der Waals surface area (Å²) >= 11 is 3.30. The van der Waals surface area contributed by atoms with Crippen LogP contribution in [0.25, 0.3) is 0 Å². The number of amides is 2. The Morgan fingerprint density at radius 2 is 1.28 bits per heavy atom. The van der Waals surface area contributed by atoms with Crippen molar-refractivity contribution in [1.29, 1.82) is 0 Å². The fraction of sp³-hybridized carbons (Fsp3) is 0.0333. The highest BCUT2D eigenvalue weighted by molar-refractivity contribution is 9.10. The zero-order valence-electron chi connectivity index (χ0n) is 20.1. The first-order chi connectivity index (χ1) is 18.8. The van der Waals surface area contributed by atoms with E-state index in [-0.39, 0.29) is 33.7 Å². The molecule has 0 bridgehead atoms. The van der Waals surface area contributed by atoms with Gasteiger partial charge in [0.15, 0.2) is 12.4 Å². The number of benzene rings is 4. The number of fused-ring (bicyclic) bond motifs is 1. The van der Waals surface area contributed by atoms with Crippen LogP contribution < -0.4 is 9.64 Å². The average Bonchev–Trinajstić information content (AvgIpc) is 3.21. The van der Waals surface area contributed by atoms with Crippen molar-refractivity contribution in [3.63, 3.8) is 0 Å². The second-order valence-corrected chi connectivity index (χ2v) is 9.38. The monoisotopic (exact) mass is 583 g/mol. The van der Waals surface area contributed by atoms with Crippen molar-refractivity contribution in [3.05, 3.63) is 129 Å². The topological polar surface area (TPSA) is 107 Å². The molecule has 4 aromatic carbocycles. The summed E-state index contributed by atoms with van der Waals surface area (Å²) in [5.74, 6) is -2.52. The highest BCUT2D eigenvalue weighted by Gasteiger charge is 2.36. The lowest BCUT2D eigenvalue weighted by molar-refractivity contribution is 0.0474. The highest BCUT2D eigenvalue weighted by Crippen LogP contribution is 2.29. The number of hydrogen-bond acceptors (Lipinski definition) is 7. The number of ether oxygens (including phenoxy) is 2. The van der Waals surface area contributed by atoms with Crippen molar-refractivity contribution in [2.75, 3.05) is 11.5 Å². The van der Waals surface area contributed by atoms with Gasteiger partial charge in [-0.1, -0.05) is 34.1 Å². The van der Waals surface area contributed by atoms with Crippen LogP contribution in [0.4, 0.5) is 5.69 Å². The van der Waals surface area contributed by atoms with E-state index >= 15 is 0 Å². The molecule has 1 heterocycles. The van der Waals surface area contributed by atoms with E-state index in [0.717, 1.165) is 9.37 Å². The summed E-state index contributed by atoms with van der Waals surface area (Å²) in [5.41, 5.74) is 1.50. The van der Waals surface area contributed by atoms with E-state index in [1.165, 1.54) is 48.5 Å². The normalized spacial score (nSPS) is 12.2. The molecule has 0 saturated heterocycles. The van der Waals surface area contributed by atoms with Crippen LogP contribution in [-0.4, -0.2) is 36.1 Å². The standard InChI is InChI=1S/C30H18BrNO7/c31-21-12-8-19(9-13-21)30(37)39-23-14-10-18(11-15-23)26(33)17-38-29(36)20-4-3-5-22(16-20)32-27(34)24-6-1-2-7-25(24)28(32)35/h1-16H,17H2.